The van der Waals surface area contributed by atoms with Crippen molar-refractivity contribution in [2.75, 3.05) is 18.4 Å². The predicted octanol–water partition coefficient (Wildman–Crippen LogP) is 3.58. The molecule has 6 heteroatoms. The Labute approximate surface area is 143 Å². The molecule has 5 nitrogen and oxygen atoms in total. The van der Waals surface area contributed by atoms with E-state index in [-0.39, 0.29) is 23.2 Å². The van der Waals surface area contributed by atoms with Gasteiger partial charge in [-0.3, -0.25) is 9.59 Å². The lowest BCUT2D eigenvalue weighted by Gasteiger charge is -2.18. The van der Waals surface area contributed by atoms with Gasteiger partial charge in [0.15, 0.2) is 0 Å². The topological polar surface area (TPSA) is 62.3 Å². The summed E-state index contributed by atoms with van der Waals surface area (Å²) >= 11 is 3.34. The molecule has 0 aliphatic heterocycles. The highest BCUT2D eigenvalue weighted by molar-refractivity contribution is 9.10. The minimum Gasteiger partial charge on any atom is -0.338 e. The standard InChI is InChI=1S/C17H18BrN3O2/c1-3-21(4-2)17(23)15-7-5-6-14(20-15)16(22)19-13-10-8-12(18)9-11-13/h5-11H,3-4H2,1-2H3,(H,19,22). The number of carbonyl (C=O) groups is 2. The van der Waals surface area contributed by atoms with Crippen LogP contribution in [0.15, 0.2) is 46.9 Å². The summed E-state index contributed by atoms with van der Waals surface area (Å²) in [6.45, 7) is 5.02. The number of rotatable bonds is 5. The van der Waals surface area contributed by atoms with Crippen molar-refractivity contribution in [1.29, 1.82) is 0 Å². The number of nitrogens with zero attached hydrogens (tertiary/aromatic N) is 2. The first-order valence-electron chi connectivity index (χ1n) is 7.38. The minimum atomic E-state index is -0.346. The molecule has 2 aromatic rings. The number of amides is 2. The van der Waals surface area contributed by atoms with Gasteiger partial charge in [-0.25, -0.2) is 4.98 Å². The molecule has 1 N–H and O–H groups in total. The molecule has 0 aliphatic rings. The van der Waals surface area contributed by atoms with Gasteiger partial charge < -0.3 is 10.2 Å². The van der Waals surface area contributed by atoms with Gasteiger partial charge in [0.25, 0.3) is 11.8 Å². The number of nitrogens with one attached hydrogen (secondary N) is 1. The van der Waals surface area contributed by atoms with E-state index in [2.05, 4.69) is 26.2 Å². The SMILES string of the molecule is CCN(CC)C(=O)c1cccc(C(=O)Nc2ccc(Br)cc2)n1. The second-order valence-electron chi connectivity index (χ2n) is 4.85. The normalized spacial score (nSPS) is 10.2. The Bertz CT molecular complexity index is 697. The number of hydrogen-bond donors (Lipinski definition) is 1. The molecule has 0 atom stereocenters. The van der Waals surface area contributed by atoms with Crippen LogP contribution in [0.2, 0.25) is 0 Å². The van der Waals surface area contributed by atoms with Crippen LogP contribution in [0.4, 0.5) is 5.69 Å². The molecule has 0 saturated carbocycles. The van der Waals surface area contributed by atoms with Crippen molar-refractivity contribution >= 4 is 33.4 Å². The van der Waals surface area contributed by atoms with Crippen molar-refractivity contribution in [1.82, 2.24) is 9.88 Å². The highest BCUT2D eigenvalue weighted by Gasteiger charge is 2.16. The molecular weight excluding hydrogens is 358 g/mol. The van der Waals surface area contributed by atoms with E-state index < -0.39 is 0 Å². The lowest BCUT2D eigenvalue weighted by Crippen LogP contribution is -2.31. The van der Waals surface area contributed by atoms with E-state index in [1.54, 1.807) is 35.2 Å². The molecule has 2 amide bonds. The number of benzene rings is 1. The number of aromatic nitrogens is 1. The van der Waals surface area contributed by atoms with Crippen LogP contribution in [-0.2, 0) is 0 Å². The van der Waals surface area contributed by atoms with Crippen molar-refractivity contribution in [3.8, 4) is 0 Å². The highest BCUT2D eigenvalue weighted by atomic mass is 79.9. The van der Waals surface area contributed by atoms with Crippen LogP contribution in [0, 0.1) is 0 Å². The number of anilines is 1. The first-order chi connectivity index (χ1) is 11.0. The molecule has 1 aromatic carbocycles. The third kappa shape index (κ3) is 4.39. The Morgan fingerprint density at radius 1 is 1.04 bits per heavy atom. The van der Waals surface area contributed by atoms with E-state index in [0.29, 0.717) is 18.8 Å². The van der Waals surface area contributed by atoms with Crippen LogP contribution in [0.25, 0.3) is 0 Å². The van der Waals surface area contributed by atoms with Gasteiger partial charge in [0, 0.05) is 23.2 Å². The fourth-order valence-electron chi connectivity index (χ4n) is 2.08. The van der Waals surface area contributed by atoms with E-state index in [9.17, 15) is 9.59 Å². The zero-order chi connectivity index (χ0) is 16.8. The molecule has 2 rings (SSSR count). The molecule has 0 bridgehead atoms. The largest absolute Gasteiger partial charge is 0.338 e. The van der Waals surface area contributed by atoms with Crippen molar-refractivity contribution < 1.29 is 9.59 Å². The maximum absolute atomic E-state index is 12.3. The molecular formula is C17H18BrN3O2. The Hall–Kier alpha value is -2.21. The summed E-state index contributed by atoms with van der Waals surface area (Å²) in [5.74, 6) is -0.519. The van der Waals surface area contributed by atoms with Crippen LogP contribution in [-0.4, -0.2) is 34.8 Å². The number of carbonyl (C=O) groups excluding carboxylic acids is 2. The van der Waals surface area contributed by atoms with Crippen molar-refractivity contribution in [3.05, 3.63) is 58.3 Å². The maximum Gasteiger partial charge on any atom is 0.274 e. The van der Waals surface area contributed by atoms with Gasteiger partial charge in [0.2, 0.25) is 0 Å². The zero-order valence-electron chi connectivity index (χ0n) is 13.0. The smallest absolute Gasteiger partial charge is 0.274 e. The first-order valence-corrected chi connectivity index (χ1v) is 8.17. The predicted molar refractivity (Wildman–Crippen MR) is 93.6 cm³/mol. The third-order valence-electron chi connectivity index (χ3n) is 3.35. The second kappa shape index (κ2) is 7.87. The van der Waals surface area contributed by atoms with Crippen molar-refractivity contribution in [2.24, 2.45) is 0 Å². The summed E-state index contributed by atoms with van der Waals surface area (Å²) in [6, 6.07) is 12.1. The van der Waals surface area contributed by atoms with Gasteiger partial charge in [-0.1, -0.05) is 22.0 Å². The molecule has 23 heavy (non-hydrogen) atoms. The molecule has 0 aliphatic carbocycles. The summed E-state index contributed by atoms with van der Waals surface area (Å²) in [6.07, 6.45) is 0. The van der Waals surface area contributed by atoms with Gasteiger partial charge >= 0.3 is 0 Å². The first kappa shape index (κ1) is 17.1. The van der Waals surface area contributed by atoms with Crippen LogP contribution >= 0.6 is 15.9 Å². The van der Waals surface area contributed by atoms with Crippen LogP contribution < -0.4 is 5.32 Å². The van der Waals surface area contributed by atoms with Gasteiger partial charge in [-0.15, -0.1) is 0 Å². The van der Waals surface area contributed by atoms with E-state index in [1.807, 2.05) is 26.0 Å². The number of halogens is 1. The Morgan fingerprint density at radius 2 is 1.65 bits per heavy atom. The average molecular weight is 376 g/mol. The van der Waals surface area contributed by atoms with Crippen LogP contribution in [0.5, 0.6) is 0 Å². The Kier molecular flexibility index (Phi) is 5.87. The Morgan fingerprint density at radius 3 is 2.26 bits per heavy atom. The molecule has 120 valence electrons. The Balaban J connectivity index is 2.17. The van der Waals surface area contributed by atoms with Crippen LogP contribution in [0.1, 0.15) is 34.8 Å². The van der Waals surface area contributed by atoms with Crippen LogP contribution in [0.3, 0.4) is 0 Å². The second-order valence-corrected chi connectivity index (χ2v) is 5.76. The van der Waals surface area contributed by atoms with E-state index >= 15 is 0 Å². The molecule has 0 radical (unpaired) electrons. The lowest BCUT2D eigenvalue weighted by atomic mass is 10.2. The van der Waals surface area contributed by atoms with Gasteiger partial charge in [-0.2, -0.15) is 0 Å². The third-order valence-corrected chi connectivity index (χ3v) is 3.88. The summed E-state index contributed by atoms with van der Waals surface area (Å²) in [5.41, 5.74) is 1.16. The van der Waals surface area contributed by atoms with Crippen molar-refractivity contribution in [3.63, 3.8) is 0 Å². The van der Waals surface area contributed by atoms with Gasteiger partial charge in [0.05, 0.1) is 0 Å². The van der Waals surface area contributed by atoms with Crippen molar-refractivity contribution in [2.45, 2.75) is 13.8 Å². The molecule has 0 fully saturated rings. The number of hydrogen-bond acceptors (Lipinski definition) is 3. The highest BCUT2D eigenvalue weighted by Crippen LogP contribution is 2.15. The summed E-state index contributed by atoms with van der Waals surface area (Å²) in [4.78, 5) is 30.4. The molecule has 1 heterocycles. The maximum atomic E-state index is 12.3. The quantitative estimate of drug-likeness (QED) is 0.868. The zero-order valence-corrected chi connectivity index (χ0v) is 14.6. The van der Waals surface area contributed by atoms with Gasteiger partial charge in [0.1, 0.15) is 11.4 Å². The van der Waals surface area contributed by atoms with E-state index in [1.165, 1.54) is 0 Å². The number of pyridine rings is 1. The molecule has 0 saturated heterocycles. The molecule has 0 unspecified atom stereocenters. The molecule has 1 aromatic heterocycles. The summed E-state index contributed by atoms with van der Waals surface area (Å²) in [5, 5.41) is 2.76. The van der Waals surface area contributed by atoms with E-state index in [0.717, 1.165) is 4.47 Å². The van der Waals surface area contributed by atoms with Gasteiger partial charge in [-0.05, 0) is 50.2 Å². The monoisotopic (exact) mass is 375 g/mol. The summed E-state index contributed by atoms with van der Waals surface area (Å²) in [7, 11) is 0. The van der Waals surface area contributed by atoms with E-state index in [4.69, 9.17) is 0 Å². The summed E-state index contributed by atoms with van der Waals surface area (Å²) < 4.78 is 0.931. The minimum absolute atomic E-state index is 0.173. The average Bonchev–Trinajstić information content (AvgIpc) is 2.58. The fraction of sp³-hybridized carbons (Fsp3) is 0.235. The lowest BCUT2D eigenvalue weighted by molar-refractivity contribution is 0.0767. The fourth-order valence-corrected chi connectivity index (χ4v) is 2.35. The molecule has 0 spiro atoms.